The van der Waals surface area contributed by atoms with Crippen molar-refractivity contribution in [1.29, 1.82) is 0 Å². The van der Waals surface area contributed by atoms with Crippen LogP contribution in [0.3, 0.4) is 0 Å². The molecule has 0 radical (unpaired) electrons. The van der Waals surface area contributed by atoms with Gasteiger partial charge in [0.05, 0.1) is 7.11 Å². The molecule has 1 fully saturated rings. The first-order chi connectivity index (χ1) is 12.0. The van der Waals surface area contributed by atoms with Gasteiger partial charge in [-0.05, 0) is 70.6 Å². The Morgan fingerprint density at radius 3 is 2.31 bits per heavy atom. The van der Waals surface area contributed by atoms with Crippen LogP contribution in [0.1, 0.15) is 63.7 Å². The van der Waals surface area contributed by atoms with Gasteiger partial charge in [0, 0.05) is 17.1 Å². The first-order valence-electron chi connectivity index (χ1n) is 9.05. The summed E-state index contributed by atoms with van der Waals surface area (Å²) in [4.78, 5) is 12.6. The summed E-state index contributed by atoms with van der Waals surface area (Å²) in [6, 6.07) is 4.65. The molecule has 1 saturated carbocycles. The lowest BCUT2D eigenvalue weighted by molar-refractivity contribution is 0.0922. The van der Waals surface area contributed by atoms with Crippen molar-refractivity contribution in [2.75, 3.05) is 7.11 Å². The third-order valence-corrected chi connectivity index (χ3v) is 6.29. The maximum absolute atomic E-state index is 12.7. The van der Waals surface area contributed by atoms with Gasteiger partial charge in [-0.3, -0.25) is 4.79 Å². The van der Waals surface area contributed by atoms with Crippen molar-refractivity contribution in [3.8, 4) is 5.75 Å². The SMILES string of the molecule is COc1ccc(C(=O)NC2CCC(C)CC2)cc1S(=O)(=O)NC(C)(C)C. The van der Waals surface area contributed by atoms with Crippen molar-refractivity contribution >= 4 is 15.9 Å². The van der Waals surface area contributed by atoms with E-state index < -0.39 is 15.6 Å². The van der Waals surface area contributed by atoms with Crippen molar-refractivity contribution in [2.24, 2.45) is 5.92 Å². The molecule has 1 amide bonds. The predicted molar refractivity (Wildman–Crippen MR) is 102 cm³/mol. The minimum Gasteiger partial charge on any atom is -0.495 e. The first kappa shape index (κ1) is 20.7. The van der Waals surface area contributed by atoms with Crippen molar-refractivity contribution in [3.63, 3.8) is 0 Å². The summed E-state index contributed by atoms with van der Waals surface area (Å²) < 4.78 is 33.2. The summed E-state index contributed by atoms with van der Waals surface area (Å²) in [6.45, 7) is 7.51. The molecule has 0 bridgehead atoms. The van der Waals surface area contributed by atoms with Crippen LogP contribution in [0.15, 0.2) is 23.1 Å². The molecule has 0 spiro atoms. The topological polar surface area (TPSA) is 84.5 Å². The van der Waals surface area contributed by atoms with Gasteiger partial charge >= 0.3 is 0 Å². The second kappa shape index (κ2) is 7.96. The summed E-state index contributed by atoms with van der Waals surface area (Å²) in [5.74, 6) is 0.661. The molecule has 1 aromatic rings. The highest BCUT2D eigenvalue weighted by Gasteiger charge is 2.27. The zero-order valence-corrected chi connectivity index (χ0v) is 17.1. The largest absolute Gasteiger partial charge is 0.495 e. The van der Waals surface area contributed by atoms with Crippen LogP contribution in [-0.4, -0.2) is 33.0 Å². The van der Waals surface area contributed by atoms with Crippen LogP contribution in [0.25, 0.3) is 0 Å². The fourth-order valence-corrected chi connectivity index (χ4v) is 4.77. The van der Waals surface area contributed by atoms with E-state index in [1.54, 1.807) is 26.8 Å². The average molecular weight is 383 g/mol. The Morgan fingerprint density at radius 2 is 1.77 bits per heavy atom. The number of carbonyl (C=O) groups is 1. The van der Waals surface area contributed by atoms with Crippen LogP contribution in [0.5, 0.6) is 5.75 Å². The van der Waals surface area contributed by atoms with Crippen LogP contribution in [0.4, 0.5) is 0 Å². The Labute approximate surface area is 156 Å². The summed E-state index contributed by atoms with van der Waals surface area (Å²) in [7, 11) is -2.40. The lowest BCUT2D eigenvalue weighted by Gasteiger charge is -2.27. The van der Waals surface area contributed by atoms with Crippen LogP contribution in [0, 0.1) is 5.92 Å². The molecule has 1 aliphatic carbocycles. The van der Waals surface area contributed by atoms with Crippen molar-refractivity contribution < 1.29 is 17.9 Å². The summed E-state index contributed by atoms with van der Waals surface area (Å²) in [5, 5.41) is 3.03. The van der Waals surface area contributed by atoms with Crippen molar-refractivity contribution in [3.05, 3.63) is 23.8 Å². The van der Waals surface area contributed by atoms with E-state index >= 15 is 0 Å². The highest BCUT2D eigenvalue weighted by atomic mass is 32.2. The van der Waals surface area contributed by atoms with E-state index in [1.807, 2.05) is 0 Å². The van der Waals surface area contributed by atoms with E-state index in [0.717, 1.165) is 25.7 Å². The van der Waals surface area contributed by atoms with Gasteiger partial charge in [-0.25, -0.2) is 13.1 Å². The van der Waals surface area contributed by atoms with Gasteiger partial charge in [-0.2, -0.15) is 0 Å². The third kappa shape index (κ3) is 5.45. The Bertz CT molecular complexity index is 745. The van der Waals surface area contributed by atoms with Gasteiger partial charge < -0.3 is 10.1 Å². The number of hydrogen-bond acceptors (Lipinski definition) is 4. The van der Waals surface area contributed by atoms with Crippen LogP contribution in [0.2, 0.25) is 0 Å². The molecule has 26 heavy (non-hydrogen) atoms. The maximum Gasteiger partial charge on any atom is 0.251 e. The zero-order chi connectivity index (χ0) is 19.5. The van der Waals surface area contributed by atoms with E-state index in [4.69, 9.17) is 4.74 Å². The Hall–Kier alpha value is -1.60. The number of nitrogens with one attached hydrogen (secondary N) is 2. The molecular formula is C19H30N2O4S. The Kier molecular flexibility index (Phi) is 6.34. The maximum atomic E-state index is 12.7. The summed E-state index contributed by atoms with van der Waals surface area (Å²) in [5.41, 5.74) is -0.320. The van der Waals surface area contributed by atoms with Gasteiger partial charge in [0.15, 0.2) is 0 Å². The molecular weight excluding hydrogens is 352 g/mol. The molecule has 146 valence electrons. The standard InChI is InChI=1S/C19H30N2O4S/c1-13-6-9-15(10-7-13)20-18(22)14-8-11-16(25-5)17(12-14)26(23,24)21-19(2,3)4/h8,11-13,15,21H,6-7,9-10H2,1-5H3,(H,20,22). The zero-order valence-electron chi connectivity index (χ0n) is 16.3. The molecule has 6 nitrogen and oxygen atoms in total. The highest BCUT2D eigenvalue weighted by Crippen LogP contribution is 2.27. The highest BCUT2D eigenvalue weighted by molar-refractivity contribution is 7.89. The number of carbonyl (C=O) groups excluding carboxylic acids is 1. The molecule has 7 heteroatoms. The van der Waals surface area contributed by atoms with E-state index in [0.29, 0.717) is 11.5 Å². The number of methoxy groups -OCH3 is 1. The van der Waals surface area contributed by atoms with Crippen LogP contribution in [-0.2, 0) is 10.0 Å². The number of benzene rings is 1. The van der Waals surface area contributed by atoms with Gasteiger partial charge in [0.1, 0.15) is 10.6 Å². The molecule has 1 aromatic carbocycles. The molecule has 0 unspecified atom stereocenters. The molecule has 0 atom stereocenters. The molecule has 0 saturated heterocycles. The first-order valence-corrected chi connectivity index (χ1v) is 10.5. The second-order valence-corrected chi connectivity index (χ2v) is 9.80. The number of hydrogen-bond donors (Lipinski definition) is 2. The minimum absolute atomic E-state index is 0.0279. The normalized spacial score (nSPS) is 21.3. The van der Waals surface area contributed by atoms with E-state index in [-0.39, 0.29) is 22.6 Å². The van der Waals surface area contributed by atoms with Crippen LogP contribution < -0.4 is 14.8 Å². The average Bonchev–Trinajstić information content (AvgIpc) is 2.54. The summed E-state index contributed by atoms with van der Waals surface area (Å²) >= 11 is 0. The van der Waals surface area contributed by atoms with Gasteiger partial charge in [0.2, 0.25) is 10.0 Å². The number of ether oxygens (including phenoxy) is 1. The Morgan fingerprint density at radius 1 is 1.15 bits per heavy atom. The van der Waals surface area contributed by atoms with E-state index in [9.17, 15) is 13.2 Å². The smallest absolute Gasteiger partial charge is 0.251 e. The van der Waals surface area contributed by atoms with Gasteiger partial charge in [-0.15, -0.1) is 0 Å². The predicted octanol–water partition coefficient (Wildman–Crippen LogP) is 3.08. The second-order valence-electron chi connectivity index (χ2n) is 8.15. The lowest BCUT2D eigenvalue weighted by Crippen LogP contribution is -2.41. The molecule has 0 aliphatic heterocycles. The molecule has 2 N–H and O–H groups in total. The monoisotopic (exact) mass is 382 g/mol. The molecule has 0 aromatic heterocycles. The van der Waals surface area contributed by atoms with Gasteiger partial charge in [0.25, 0.3) is 5.91 Å². The van der Waals surface area contributed by atoms with Gasteiger partial charge in [-0.1, -0.05) is 6.92 Å². The molecule has 2 rings (SSSR count). The van der Waals surface area contributed by atoms with E-state index in [1.165, 1.54) is 19.2 Å². The Balaban J connectivity index is 2.24. The quantitative estimate of drug-likeness (QED) is 0.820. The van der Waals surface area contributed by atoms with Crippen LogP contribution >= 0.6 is 0 Å². The number of rotatable bonds is 5. The fourth-order valence-electron chi connectivity index (χ4n) is 3.16. The molecule has 0 heterocycles. The fraction of sp³-hybridized carbons (Fsp3) is 0.632. The number of sulfonamides is 1. The van der Waals surface area contributed by atoms with Crippen molar-refractivity contribution in [2.45, 2.75) is 69.9 Å². The molecule has 1 aliphatic rings. The minimum atomic E-state index is -3.81. The lowest BCUT2D eigenvalue weighted by atomic mass is 9.87. The van der Waals surface area contributed by atoms with E-state index in [2.05, 4.69) is 17.0 Å². The van der Waals surface area contributed by atoms with Crippen molar-refractivity contribution in [1.82, 2.24) is 10.0 Å². The third-order valence-electron chi connectivity index (χ3n) is 4.51. The summed E-state index contributed by atoms with van der Waals surface area (Å²) in [6.07, 6.45) is 4.12. The number of amides is 1.